The largest absolute Gasteiger partial charge is 0.480 e. The molecule has 1 saturated heterocycles. The van der Waals surface area contributed by atoms with Gasteiger partial charge < -0.3 is 15.2 Å². The maximum Gasteiger partial charge on any atom is 0.407 e. The van der Waals surface area contributed by atoms with Crippen molar-refractivity contribution in [3.05, 3.63) is 48.0 Å². The minimum atomic E-state index is -0.853. The van der Waals surface area contributed by atoms with Gasteiger partial charge in [-0.3, -0.25) is 9.69 Å². The molecule has 1 heterocycles. The molecule has 0 unspecified atom stereocenters. The highest BCUT2D eigenvalue weighted by atomic mass is 16.6. The first-order valence-electron chi connectivity index (χ1n) is 9.68. The van der Waals surface area contributed by atoms with Crippen LogP contribution in [0.2, 0.25) is 0 Å². The summed E-state index contributed by atoms with van der Waals surface area (Å²) < 4.78 is 5.31. The molecule has 2 N–H and O–H groups in total. The molecule has 0 radical (unpaired) electrons. The predicted octanol–water partition coefficient (Wildman–Crippen LogP) is 3.95. The molecule has 0 aliphatic carbocycles. The molecule has 1 amide bonds. The Morgan fingerprint density at radius 2 is 1.75 bits per heavy atom. The molecule has 3 rings (SSSR count). The molecule has 6 nitrogen and oxygen atoms in total. The van der Waals surface area contributed by atoms with E-state index in [-0.39, 0.29) is 6.04 Å². The highest BCUT2D eigenvalue weighted by molar-refractivity contribution is 5.85. The third-order valence-corrected chi connectivity index (χ3v) is 4.94. The van der Waals surface area contributed by atoms with E-state index in [4.69, 9.17) is 4.74 Å². The van der Waals surface area contributed by atoms with Gasteiger partial charge in [-0.2, -0.15) is 0 Å². The van der Waals surface area contributed by atoms with Crippen LogP contribution in [0, 0.1) is 0 Å². The number of hydrogen-bond donors (Lipinski definition) is 2. The van der Waals surface area contributed by atoms with Crippen molar-refractivity contribution in [2.24, 2.45) is 0 Å². The van der Waals surface area contributed by atoms with Crippen LogP contribution in [-0.4, -0.2) is 46.8 Å². The Morgan fingerprint density at radius 1 is 1.11 bits per heavy atom. The molecule has 150 valence electrons. The van der Waals surface area contributed by atoms with Gasteiger partial charge in [0.25, 0.3) is 0 Å². The number of rotatable bonds is 4. The molecule has 2 aromatic carbocycles. The highest BCUT2D eigenvalue weighted by Gasteiger charge is 2.32. The summed E-state index contributed by atoms with van der Waals surface area (Å²) in [5.74, 6) is -0.853. The van der Waals surface area contributed by atoms with Crippen LogP contribution in [0.25, 0.3) is 10.8 Å². The zero-order chi connectivity index (χ0) is 20.3. The van der Waals surface area contributed by atoms with Gasteiger partial charge in [0.15, 0.2) is 0 Å². The first kappa shape index (κ1) is 20.1. The predicted molar refractivity (Wildman–Crippen MR) is 108 cm³/mol. The van der Waals surface area contributed by atoms with E-state index < -0.39 is 23.7 Å². The van der Waals surface area contributed by atoms with Crippen molar-refractivity contribution in [2.75, 3.05) is 13.1 Å². The van der Waals surface area contributed by atoms with E-state index in [1.54, 1.807) is 0 Å². The van der Waals surface area contributed by atoms with Crippen molar-refractivity contribution in [2.45, 2.75) is 51.3 Å². The van der Waals surface area contributed by atoms with Gasteiger partial charge in [-0.05, 0) is 56.0 Å². The van der Waals surface area contributed by atoms with Crippen LogP contribution in [0.1, 0.15) is 45.2 Å². The second kappa shape index (κ2) is 8.19. The molecule has 6 heteroatoms. The van der Waals surface area contributed by atoms with Crippen molar-refractivity contribution in [1.82, 2.24) is 10.2 Å². The number of carboxylic acids is 1. The number of carbonyl (C=O) groups excluding carboxylic acids is 1. The van der Waals surface area contributed by atoms with Gasteiger partial charge in [-0.1, -0.05) is 36.4 Å². The van der Waals surface area contributed by atoms with Gasteiger partial charge in [-0.15, -0.1) is 0 Å². The third-order valence-electron chi connectivity index (χ3n) is 4.94. The number of nitrogens with one attached hydrogen (secondary N) is 1. The van der Waals surface area contributed by atoms with Gasteiger partial charge in [0, 0.05) is 19.1 Å². The lowest BCUT2D eigenvalue weighted by Gasteiger charge is -2.36. The summed E-state index contributed by atoms with van der Waals surface area (Å²) in [5.41, 5.74) is 0.250. The van der Waals surface area contributed by atoms with Crippen molar-refractivity contribution >= 4 is 22.8 Å². The fourth-order valence-electron chi connectivity index (χ4n) is 3.66. The number of nitrogens with zero attached hydrogens (tertiary/aromatic N) is 1. The van der Waals surface area contributed by atoms with Crippen LogP contribution in [-0.2, 0) is 9.53 Å². The Hall–Kier alpha value is -2.60. The van der Waals surface area contributed by atoms with Crippen LogP contribution in [0.5, 0.6) is 0 Å². The quantitative estimate of drug-likeness (QED) is 0.834. The topological polar surface area (TPSA) is 78.9 Å². The van der Waals surface area contributed by atoms with Crippen molar-refractivity contribution in [1.29, 1.82) is 0 Å². The van der Waals surface area contributed by atoms with Crippen molar-refractivity contribution < 1.29 is 19.4 Å². The third kappa shape index (κ3) is 5.01. The smallest absolute Gasteiger partial charge is 0.407 e. The maximum absolute atomic E-state index is 12.0. The molecule has 0 bridgehead atoms. The summed E-state index contributed by atoms with van der Waals surface area (Å²) in [4.78, 5) is 25.9. The van der Waals surface area contributed by atoms with Gasteiger partial charge in [-0.25, -0.2) is 4.79 Å². The maximum atomic E-state index is 12.0. The molecule has 1 aliphatic heterocycles. The SMILES string of the molecule is CC(C)(C)OC(=O)NC1CCN([C@@H](C(=O)O)c2ccc3ccccc3c2)CC1. The van der Waals surface area contributed by atoms with Crippen molar-refractivity contribution in [3.63, 3.8) is 0 Å². The van der Waals surface area contributed by atoms with E-state index in [1.165, 1.54) is 0 Å². The number of alkyl carbamates (subject to hydrolysis) is 1. The zero-order valence-corrected chi connectivity index (χ0v) is 16.6. The second-order valence-corrected chi connectivity index (χ2v) is 8.30. The number of carboxylic acid groups (broad SMARTS) is 1. The summed E-state index contributed by atoms with van der Waals surface area (Å²) >= 11 is 0. The molecule has 2 aromatic rings. The molecular weight excluding hydrogens is 356 g/mol. The van der Waals surface area contributed by atoms with Crippen molar-refractivity contribution in [3.8, 4) is 0 Å². The Balaban J connectivity index is 1.66. The van der Waals surface area contributed by atoms with Gasteiger partial charge in [0.05, 0.1) is 0 Å². The number of fused-ring (bicyclic) bond motifs is 1. The monoisotopic (exact) mass is 384 g/mol. The average Bonchev–Trinajstić information content (AvgIpc) is 2.61. The number of ether oxygens (including phenoxy) is 1. The van der Waals surface area contributed by atoms with Crippen LogP contribution < -0.4 is 5.32 Å². The lowest BCUT2D eigenvalue weighted by Crippen LogP contribution is -2.48. The number of piperidine rings is 1. The Labute approximate surface area is 165 Å². The number of amides is 1. The molecule has 1 atom stereocenters. The normalized spacial score (nSPS) is 17.2. The van der Waals surface area contributed by atoms with Crippen LogP contribution in [0.4, 0.5) is 4.79 Å². The Kier molecular flexibility index (Phi) is 5.89. The summed E-state index contributed by atoms with van der Waals surface area (Å²) in [6.45, 7) is 6.69. The first-order chi connectivity index (χ1) is 13.2. The molecule has 1 aliphatic rings. The number of benzene rings is 2. The number of hydrogen-bond acceptors (Lipinski definition) is 4. The summed E-state index contributed by atoms with van der Waals surface area (Å²) in [7, 11) is 0. The minimum Gasteiger partial charge on any atom is -0.480 e. The number of aliphatic carboxylic acids is 1. The van der Waals surface area contributed by atoms with E-state index in [1.807, 2.05) is 68.1 Å². The number of likely N-dealkylation sites (tertiary alicyclic amines) is 1. The first-order valence-corrected chi connectivity index (χ1v) is 9.68. The molecule has 0 saturated carbocycles. The molecule has 28 heavy (non-hydrogen) atoms. The van der Waals surface area contributed by atoms with Crippen LogP contribution >= 0.6 is 0 Å². The summed E-state index contributed by atoms with van der Waals surface area (Å²) in [6, 6.07) is 13.1. The molecule has 1 fully saturated rings. The average molecular weight is 384 g/mol. The van der Waals surface area contributed by atoms with Crippen LogP contribution in [0.3, 0.4) is 0 Å². The number of carbonyl (C=O) groups is 2. The summed E-state index contributed by atoms with van der Waals surface area (Å²) in [5, 5.41) is 14.9. The fourth-order valence-corrected chi connectivity index (χ4v) is 3.66. The van der Waals surface area contributed by atoms with Gasteiger partial charge in [0.2, 0.25) is 0 Å². The molecule has 0 spiro atoms. The Morgan fingerprint density at radius 3 is 2.36 bits per heavy atom. The fraction of sp³-hybridized carbons (Fsp3) is 0.455. The zero-order valence-electron chi connectivity index (χ0n) is 16.6. The van der Waals surface area contributed by atoms with Gasteiger partial charge in [0.1, 0.15) is 11.6 Å². The van der Waals surface area contributed by atoms with E-state index in [9.17, 15) is 14.7 Å². The lowest BCUT2D eigenvalue weighted by molar-refractivity contribution is -0.144. The van der Waals surface area contributed by atoms with Crippen LogP contribution in [0.15, 0.2) is 42.5 Å². The van der Waals surface area contributed by atoms with E-state index in [0.717, 1.165) is 16.3 Å². The van der Waals surface area contributed by atoms with E-state index in [2.05, 4.69) is 5.32 Å². The second-order valence-electron chi connectivity index (χ2n) is 8.30. The van der Waals surface area contributed by atoms with E-state index >= 15 is 0 Å². The summed E-state index contributed by atoms with van der Waals surface area (Å²) in [6.07, 6.45) is 0.961. The molecule has 0 aromatic heterocycles. The van der Waals surface area contributed by atoms with E-state index in [0.29, 0.717) is 25.9 Å². The standard InChI is InChI=1S/C22H28N2O4/c1-22(2,3)28-21(27)23-18-10-12-24(13-11-18)19(20(25)26)17-9-8-15-6-4-5-7-16(15)14-17/h4-9,14,18-19H,10-13H2,1-3H3,(H,23,27)(H,25,26)/t19-/m1/s1. The van der Waals surface area contributed by atoms with Gasteiger partial charge >= 0.3 is 12.1 Å². The molecular formula is C22H28N2O4. The highest BCUT2D eigenvalue weighted by Crippen LogP contribution is 2.28. The Bertz CT molecular complexity index is 851. The minimum absolute atomic E-state index is 0.00264. The lowest BCUT2D eigenvalue weighted by atomic mass is 9.97.